The summed E-state index contributed by atoms with van der Waals surface area (Å²) in [4.78, 5) is 18.1. The fourth-order valence-electron chi connectivity index (χ4n) is 2.73. The second kappa shape index (κ2) is 6.81. The van der Waals surface area contributed by atoms with Crippen LogP contribution in [-0.4, -0.2) is 27.3 Å². The van der Waals surface area contributed by atoms with Gasteiger partial charge in [0.15, 0.2) is 5.82 Å². The van der Waals surface area contributed by atoms with Gasteiger partial charge in [0.25, 0.3) is 0 Å². The highest BCUT2D eigenvalue weighted by Crippen LogP contribution is 2.20. The largest absolute Gasteiger partial charge is 0.327 e. The maximum atomic E-state index is 4.70. The molecule has 0 aliphatic carbocycles. The molecule has 0 amide bonds. The summed E-state index contributed by atoms with van der Waals surface area (Å²) in [5.41, 5.74) is 3.87. The summed E-state index contributed by atoms with van der Waals surface area (Å²) in [5, 5.41) is 3.40. The molecule has 0 radical (unpaired) electrons. The average Bonchev–Trinajstić information content (AvgIpc) is 2.63. The van der Waals surface area contributed by atoms with Crippen molar-refractivity contribution in [2.75, 3.05) is 11.9 Å². The van der Waals surface area contributed by atoms with E-state index in [1.54, 1.807) is 6.33 Å². The number of nitrogens with zero attached hydrogens (tertiary/aromatic N) is 4. The maximum Gasteiger partial charge on any atom is 0.161 e. The van der Waals surface area contributed by atoms with E-state index in [2.05, 4.69) is 33.3 Å². The topological polar surface area (TPSA) is 63.1 Å². The third-order valence-electron chi connectivity index (χ3n) is 4.19. The molecule has 0 atom stereocenters. The van der Waals surface area contributed by atoms with Crippen molar-refractivity contribution < 1.29 is 0 Å². The van der Waals surface area contributed by atoms with Crippen LogP contribution in [0, 0.1) is 13.8 Å². The van der Waals surface area contributed by atoms with E-state index in [-0.39, 0.29) is 0 Å². The van der Waals surface area contributed by atoms with Crippen LogP contribution in [0.4, 0.5) is 5.82 Å². The SMILES string of the molecule is Cc1cc2ncnc(NC3=NCCCCCCC3)c2nc1C. The molecule has 1 aliphatic heterocycles. The standard InChI is InChI=1S/C17H23N5/c1-12-10-14-16(21-13(12)2)17(20-11-19-14)22-15-8-6-4-3-5-7-9-18-15/h10-11H,3-9H2,1-2H3,(H,18,19,20,22). The van der Waals surface area contributed by atoms with Gasteiger partial charge in [-0.05, 0) is 38.3 Å². The quantitative estimate of drug-likeness (QED) is 0.869. The maximum absolute atomic E-state index is 4.70. The van der Waals surface area contributed by atoms with Crippen molar-refractivity contribution in [1.82, 2.24) is 15.0 Å². The fourth-order valence-corrected chi connectivity index (χ4v) is 2.73. The van der Waals surface area contributed by atoms with E-state index in [9.17, 15) is 0 Å². The molecule has 0 aromatic carbocycles. The van der Waals surface area contributed by atoms with Gasteiger partial charge in [-0.2, -0.15) is 0 Å². The second-order valence-electron chi connectivity index (χ2n) is 5.95. The van der Waals surface area contributed by atoms with Gasteiger partial charge in [-0.25, -0.2) is 15.0 Å². The van der Waals surface area contributed by atoms with Gasteiger partial charge < -0.3 is 5.32 Å². The van der Waals surface area contributed by atoms with Gasteiger partial charge in [0.05, 0.1) is 5.52 Å². The summed E-state index contributed by atoms with van der Waals surface area (Å²) >= 11 is 0. The summed E-state index contributed by atoms with van der Waals surface area (Å²) < 4.78 is 0. The van der Waals surface area contributed by atoms with Gasteiger partial charge in [0, 0.05) is 18.7 Å². The van der Waals surface area contributed by atoms with Crippen molar-refractivity contribution in [1.29, 1.82) is 0 Å². The normalized spacial score (nSPS) is 16.5. The molecule has 116 valence electrons. The van der Waals surface area contributed by atoms with Crippen LogP contribution >= 0.6 is 0 Å². The molecule has 1 N–H and O–H groups in total. The minimum atomic E-state index is 0.770. The minimum absolute atomic E-state index is 0.770. The van der Waals surface area contributed by atoms with Crippen molar-refractivity contribution in [2.24, 2.45) is 4.99 Å². The van der Waals surface area contributed by atoms with Crippen LogP contribution in [0.25, 0.3) is 11.0 Å². The number of aliphatic imine (C=N–C) groups is 1. The van der Waals surface area contributed by atoms with E-state index in [1.165, 1.54) is 32.1 Å². The molecule has 5 heteroatoms. The van der Waals surface area contributed by atoms with Crippen molar-refractivity contribution in [3.05, 3.63) is 23.7 Å². The lowest BCUT2D eigenvalue weighted by Crippen LogP contribution is -2.14. The molecule has 0 spiro atoms. The number of hydrogen-bond donors (Lipinski definition) is 1. The zero-order chi connectivity index (χ0) is 15.4. The Kier molecular flexibility index (Phi) is 4.61. The molecule has 3 rings (SSSR count). The number of aromatic nitrogens is 3. The van der Waals surface area contributed by atoms with Gasteiger partial charge >= 0.3 is 0 Å². The highest BCUT2D eigenvalue weighted by atomic mass is 15.1. The van der Waals surface area contributed by atoms with E-state index in [0.717, 1.165) is 46.9 Å². The number of pyridine rings is 1. The molecular weight excluding hydrogens is 274 g/mol. The lowest BCUT2D eigenvalue weighted by atomic mass is 10.1. The average molecular weight is 297 g/mol. The number of rotatable bonds is 1. The number of nitrogens with one attached hydrogen (secondary N) is 1. The minimum Gasteiger partial charge on any atom is -0.327 e. The fraction of sp³-hybridized carbons (Fsp3) is 0.529. The predicted octanol–water partition coefficient (Wildman–Crippen LogP) is 3.81. The summed E-state index contributed by atoms with van der Waals surface area (Å²) in [6, 6.07) is 2.06. The van der Waals surface area contributed by atoms with Crippen LogP contribution < -0.4 is 5.32 Å². The number of fused-ring (bicyclic) bond motifs is 1. The highest BCUT2D eigenvalue weighted by Gasteiger charge is 2.10. The lowest BCUT2D eigenvalue weighted by Gasteiger charge is -2.11. The molecule has 2 aromatic heterocycles. The Balaban J connectivity index is 1.90. The Morgan fingerprint density at radius 2 is 1.82 bits per heavy atom. The van der Waals surface area contributed by atoms with Crippen LogP contribution in [0.1, 0.15) is 49.8 Å². The molecule has 0 bridgehead atoms. The molecule has 0 unspecified atom stereocenters. The summed E-state index contributed by atoms with van der Waals surface area (Å²) in [6.45, 7) is 4.97. The van der Waals surface area contributed by atoms with Crippen LogP contribution in [0.5, 0.6) is 0 Å². The van der Waals surface area contributed by atoms with Crippen LogP contribution in [0.15, 0.2) is 17.4 Å². The van der Waals surface area contributed by atoms with Crippen LogP contribution in [-0.2, 0) is 0 Å². The Morgan fingerprint density at radius 3 is 2.73 bits per heavy atom. The van der Waals surface area contributed by atoms with Crippen molar-refractivity contribution in [3.8, 4) is 0 Å². The van der Waals surface area contributed by atoms with Gasteiger partial charge in [0.2, 0.25) is 0 Å². The third kappa shape index (κ3) is 3.40. The Labute approximate surface area is 131 Å². The van der Waals surface area contributed by atoms with E-state index in [1.807, 2.05) is 6.92 Å². The van der Waals surface area contributed by atoms with Crippen molar-refractivity contribution in [2.45, 2.75) is 52.4 Å². The van der Waals surface area contributed by atoms with Crippen LogP contribution in [0.2, 0.25) is 0 Å². The molecule has 0 saturated heterocycles. The van der Waals surface area contributed by atoms with Crippen LogP contribution in [0.3, 0.4) is 0 Å². The first-order chi connectivity index (χ1) is 10.7. The first-order valence-electron chi connectivity index (χ1n) is 8.13. The number of aryl methyl sites for hydroxylation is 2. The molecule has 0 fully saturated rings. The lowest BCUT2D eigenvalue weighted by molar-refractivity contribution is 0.639. The van der Waals surface area contributed by atoms with Crippen molar-refractivity contribution >= 4 is 22.7 Å². The molecular formula is C17H23N5. The summed E-state index contributed by atoms with van der Waals surface area (Å²) in [7, 11) is 0. The van der Waals surface area contributed by atoms with Gasteiger partial charge in [-0.1, -0.05) is 19.3 Å². The van der Waals surface area contributed by atoms with Gasteiger partial charge in [-0.3, -0.25) is 4.99 Å². The Bertz CT molecular complexity index is 693. The smallest absolute Gasteiger partial charge is 0.161 e. The molecule has 3 heterocycles. The first-order valence-corrected chi connectivity index (χ1v) is 8.13. The first kappa shape index (κ1) is 14.9. The number of amidine groups is 1. The monoisotopic (exact) mass is 297 g/mol. The van der Waals surface area contributed by atoms with Crippen molar-refractivity contribution in [3.63, 3.8) is 0 Å². The van der Waals surface area contributed by atoms with Gasteiger partial charge in [0.1, 0.15) is 17.7 Å². The predicted molar refractivity (Wildman–Crippen MR) is 90.4 cm³/mol. The zero-order valence-corrected chi connectivity index (χ0v) is 13.4. The molecule has 1 aliphatic rings. The van der Waals surface area contributed by atoms with E-state index in [4.69, 9.17) is 4.99 Å². The van der Waals surface area contributed by atoms with E-state index in [0.29, 0.717) is 0 Å². The van der Waals surface area contributed by atoms with E-state index < -0.39 is 0 Å². The Hall–Kier alpha value is -2.04. The third-order valence-corrected chi connectivity index (χ3v) is 4.19. The number of hydrogen-bond acceptors (Lipinski definition) is 5. The zero-order valence-electron chi connectivity index (χ0n) is 13.4. The Morgan fingerprint density at radius 1 is 1.00 bits per heavy atom. The molecule has 2 aromatic rings. The van der Waals surface area contributed by atoms with E-state index >= 15 is 0 Å². The molecule has 22 heavy (non-hydrogen) atoms. The highest BCUT2D eigenvalue weighted by molar-refractivity contribution is 6.00. The second-order valence-corrected chi connectivity index (χ2v) is 5.95. The molecule has 5 nitrogen and oxygen atoms in total. The summed E-state index contributed by atoms with van der Waals surface area (Å²) in [6.07, 6.45) is 8.81. The number of anilines is 1. The van der Waals surface area contributed by atoms with Gasteiger partial charge in [-0.15, -0.1) is 0 Å². The summed E-state index contributed by atoms with van der Waals surface area (Å²) in [5.74, 6) is 1.80. The molecule has 0 saturated carbocycles.